The van der Waals surface area contributed by atoms with E-state index >= 15 is 0 Å². The first-order valence-corrected chi connectivity index (χ1v) is 9.61. The van der Waals surface area contributed by atoms with Crippen LogP contribution in [-0.2, 0) is 25.5 Å². The van der Waals surface area contributed by atoms with Gasteiger partial charge in [-0.3, -0.25) is 4.79 Å². The van der Waals surface area contributed by atoms with E-state index in [1.165, 1.54) is 0 Å². The normalized spacial score (nSPS) is 12.4. The van der Waals surface area contributed by atoms with Gasteiger partial charge in [0.1, 0.15) is 12.4 Å². The largest absolute Gasteiger partial charge is 0.481 e. The number of hydrogen-bond donors (Lipinski definition) is 1. The van der Waals surface area contributed by atoms with Gasteiger partial charge in [-0.05, 0) is 19.1 Å². The summed E-state index contributed by atoms with van der Waals surface area (Å²) in [6.45, 7) is 1.26. The fourth-order valence-electron chi connectivity index (χ4n) is 2.62. The summed E-state index contributed by atoms with van der Waals surface area (Å²) in [5.41, 5.74) is 4.51. The Balaban J connectivity index is 1.66. The Kier molecular flexibility index (Phi) is 6.93. The summed E-state index contributed by atoms with van der Waals surface area (Å²) >= 11 is 6.35. The Labute approximate surface area is 181 Å². The summed E-state index contributed by atoms with van der Waals surface area (Å²) in [4.78, 5) is 41.7. The molecule has 3 rings (SSSR count). The van der Waals surface area contributed by atoms with Gasteiger partial charge in [0.25, 0.3) is 0 Å². The van der Waals surface area contributed by atoms with E-state index in [0.29, 0.717) is 33.3 Å². The molecule has 10 nitrogen and oxygen atoms in total. The molecule has 0 saturated carbocycles. The van der Waals surface area contributed by atoms with Gasteiger partial charge in [-0.25, -0.2) is 9.97 Å². The predicted molar refractivity (Wildman–Crippen MR) is 108 cm³/mol. The molecule has 2 aromatic heterocycles. The topological polar surface area (TPSA) is 148 Å². The summed E-state index contributed by atoms with van der Waals surface area (Å²) in [5, 5.41) is 4.91. The van der Waals surface area contributed by atoms with Crippen LogP contribution in [0.3, 0.4) is 0 Å². The zero-order valence-corrected chi connectivity index (χ0v) is 17.2. The number of hydrogen-bond acceptors (Lipinski definition) is 10. The van der Waals surface area contributed by atoms with E-state index in [-0.39, 0.29) is 25.4 Å². The lowest BCUT2D eigenvalue weighted by Crippen LogP contribution is -2.48. The van der Waals surface area contributed by atoms with Gasteiger partial charge >= 0.3 is 5.97 Å². The number of nitrogens with zero attached hydrogens (tertiary/aromatic N) is 3. The van der Waals surface area contributed by atoms with Crippen molar-refractivity contribution in [3.05, 3.63) is 47.1 Å². The molecule has 31 heavy (non-hydrogen) atoms. The molecule has 1 aromatic carbocycles. The first-order valence-electron chi connectivity index (χ1n) is 9.24. The minimum absolute atomic E-state index is 0.0618. The van der Waals surface area contributed by atoms with Crippen LogP contribution in [0.1, 0.15) is 31.0 Å². The van der Waals surface area contributed by atoms with Gasteiger partial charge in [-0.15, -0.1) is 0 Å². The lowest BCUT2D eigenvalue weighted by atomic mass is 10.1. The number of ether oxygens (including phenoxy) is 2. The first kappa shape index (κ1) is 22.3. The lowest BCUT2D eigenvalue weighted by molar-refractivity contribution is -0.146. The monoisotopic (exact) mass is 446 g/mol. The molecule has 0 aliphatic rings. The number of halogens is 1. The number of benzene rings is 1. The molecule has 0 unspecified atom stereocenters. The van der Waals surface area contributed by atoms with Crippen LogP contribution in [0.4, 0.5) is 0 Å². The number of fused-ring (bicyclic) bond motifs is 1. The molecular weight excluding hydrogens is 428 g/mol. The number of aldehydes is 2. The van der Waals surface area contributed by atoms with Crippen LogP contribution in [-0.4, -0.2) is 45.8 Å². The summed E-state index contributed by atoms with van der Waals surface area (Å²) < 4.78 is 16.1. The van der Waals surface area contributed by atoms with Crippen LogP contribution in [0.2, 0.25) is 5.02 Å². The second-order valence-electron chi connectivity index (χ2n) is 6.78. The van der Waals surface area contributed by atoms with E-state index in [4.69, 9.17) is 31.3 Å². The van der Waals surface area contributed by atoms with Crippen molar-refractivity contribution in [3.63, 3.8) is 0 Å². The van der Waals surface area contributed by atoms with Crippen molar-refractivity contribution in [2.45, 2.75) is 31.4 Å². The highest BCUT2D eigenvalue weighted by atomic mass is 35.5. The Morgan fingerprint density at radius 1 is 1.29 bits per heavy atom. The fraction of sp³-hybridized carbons (Fsp3) is 0.300. The molecule has 0 fully saturated rings. The molecular formula is C20H19ClN4O6. The third-order valence-corrected chi connectivity index (χ3v) is 4.64. The van der Waals surface area contributed by atoms with Crippen LogP contribution >= 0.6 is 11.6 Å². The second kappa shape index (κ2) is 9.63. The SMILES string of the molecule is C[C@@H](Oc1cc2onc(CCC(=O)OCC(N)(C=O)C=O)c2cc1Cl)c1ncccn1. The van der Waals surface area contributed by atoms with Crippen LogP contribution in [0, 0.1) is 0 Å². The van der Waals surface area contributed by atoms with E-state index in [0.717, 1.165) is 0 Å². The Hall–Kier alpha value is -3.37. The molecule has 3 aromatic rings. The van der Waals surface area contributed by atoms with Crippen molar-refractivity contribution in [1.82, 2.24) is 15.1 Å². The van der Waals surface area contributed by atoms with Crippen LogP contribution in [0.15, 0.2) is 35.1 Å². The van der Waals surface area contributed by atoms with E-state index in [1.807, 2.05) is 0 Å². The average molecular weight is 447 g/mol. The van der Waals surface area contributed by atoms with Gasteiger partial charge in [0, 0.05) is 30.3 Å². The zero-order chi connectivity index (χ0) is 22.4. The highest BCUT2D eigenvalue weighted by Crippen LogP contribution is 2.34. The molecule has 11 heteroatoms. The number of rotatable bonds is 10. The average Bonchev–Trinajstić information content (AvgIpc) is 3.18. The summed E-state index contributed by atoms with van der Waals surface area (Å²) in [6, 6.07) is 4.94. The van der Waals surface area contributed by atoms with E-state index in [2.05, 4.69) is 15.1 Å². The van der Waals surface area contributed by atoms with Gasteiger partial charge < -0.3 is 29.3 Å². The molecule has 162 valence electrons. The van der Waals surface area contributed by atoms with Gasteiger partial charge in [0.05, 0.1) is 17.1 Å². The number of carbonyl (C=O) groups is 3. The Morgan fingerprint density at radius 2 is 2.00 bits per heavy atom. The third-order valence-electron chi connectivity index (χ3n) is 4.34. The van der Waals surface area contributed by atoms with E-state index in [9.17, 15) is 14.4 Å². The maximum atomic E-state index is 11.9. The smallest absolute Gasteiger partial charge is 0.306 e. The highest BCUT2D eigenvalue weighted by Gasteiger charge is 2.26. The molecule has 2 N–H and O–H groups in total. The maximum absolute atomic E-state index is 11.9. The molecule has 2 heterocycles. The van der Waals surface area contributed by atoms with Crippen molar-refractivity contribution in [3.8, 4) is 5.75 Å². The number of carbonyl (C=O) groups excluding carboxylic acids is 3. The number of nitrogens with two attached hydrogens (primary N) is 1. The molecule has 1 atom stereocenters. The van der Waals surface area contributed by atoms with Crippen LogP contribution < -0.4 is 10.5 Å². The highest BCUT2D eigenvalue weighted by molar-refractivity contribution is 6.32. The minimum atomic E-state index is -1.85. The molecule has 0 aliphatic heterocycles. The number of aryl methyl sites for hydroxylation is 1. The Morgan fingerprint density at radius 3 is 2.68 bits per heavy atom. The maximum Gasteiger partial charge on any atom is 0.306 e. The molecule has 0 aliphatic carbocycles. The van der Waals surface area contributed by atoms with Gasteiger partial charge in [0.2, 0.25) is 0 Å². The number of esters is 1. The first-order chi connectivity index (χ1) is 14.8. The second-order valence-corrected chi connectivity index (χ2v) is 7.19. The zero-order valence-electron chi connectivity index (χ0n) is 16.5. The fourth-order valence-corrected chi connectivity index (χ4v) is 2.83. The van der Waals surface area contributed by atoms with Crippen molar-refractivity contribution in [2.75, 3.05) is 6.61 Å². The predicted octanol–water partition coefficient (Wildman–Crippen LogP) is 1.98. The van der Waals surface area contributed by atoms with E-state index in [1.54, 1.807) is 37.5 Å². The molecule has 0 radical (unpaired) electrons. The number of aromatic nitrogens is 3. The molecule has 0 amide bonds. The molecule has 0 bridgehead atoms. The third kappa shape index (κ3) is 5.41. The van der Waals surface area contributed by atoms with E-state index < -0.39 is 24.2 Å². The van der Waals surface area contributed by atoms with Crippen molar-refractivity contribution >= 4 is 41.1 Å². The lowest BCUT2D eigenvalue weighted by Gasteiger charge is -2.15. The van der Waals surface area contributed by atoms with Gasteiger partial charge in [-0.1, -0.05) is 16.8 Å². The van der Waals surface area contributed by atoms with Crippen LogP contribution in [0.25, 0.3) is 11.0 Å². The van der Waals surface area contributed by atoms with Crippen LogP contribution in [0.5, 0.6) is 5.75 Å². The van der Waals surface area contributed by atoms with Crippen molar-refractivity contribution in [1.29, 1.82) is 0 Å². The molecule has 0 saturated heterocycles. The standard InChI is InChI=1S/C20H19ClN4O6/c1-12(19-23-5-2-6-24-19)30-17-8-16-13(7-14(17)21)15(25-31-16)3-4-18(28)29-11-20(22,9-26)10-27/h2,5-10,12H,3-4,11,22H2,1H3/t12-/m1/s1. The quantitative estimate of drug-likeness (QED) is 0.278. The summed E-state index contributed by atoms with van der Waals surface area (Å²) in [6.07, 6.45) is 3.37. The summed E-state index contributed by atoms with van der Waals surface area (Å²) in [7, 11) is 0. The van der Waals surface area contributed by atoms with Crippen molar-refractivity contribution < 1.29 is 28.4 Å². The van der Waals surface area contributed by atoms with Gasteiger partial charge in [0.15, 0.2) is 35.6 Å². The van der Waals surface area contributed by atoms with Crippen molar-refractivity contribution in [2.24, 2.45) is 5.73 Å². The molecule has 0 spiro atoms. The minimum Gasteiger partial charge on any atom is -0.481 e. The Bertz CT molecular complexity index is 1080. The summed E-state index contributed by atoms with van der Waals surface area (Å²) in [5.74, 6) is 0.233. The van der Waals surface area contributed by atoms with Gasteiger partial charge in [-0.2, -0.15) is 0 Å².